The number of halogens is 8. The molecule has 3 nitrogen and oxygen atoms in total. The summed E-state index contributed by atoms with van der Waals surface area (Å²) in [6, 6.07) is 0. The molecule has 0 saturated heterocycles. The van der Waals surface area contributed by atoms with E-state index in [9.17, 15) is 22.0 Å². The Balaban J connectivity index is 3.50. The molecule has 19 heavy (non-hydrogen) atoms. The normalized spacial score (nSPS) is 13.9. The molecule has 1 aromatic rings. The highest BCUT2D eigenvalue weighted by Gasteiger charge is 2.63. The SMILES string of the molecule is CCCn1nnc(C(Cl)(Cl)Cl)c1C(F)(F)C(F)(F)F. The predicted octanol–water partition coefficient (Wildman–Crippen LogP) is 4.17. The van der Waals surface area contributed by atoms with Crippen LogP contribution in [0.15, 0.2) is 0 Å². The van der Waals surface area contributed by atoms with Gasteiger partial charge in [0, 0.05) is 6.54 Å². The minimum absolute atomic E-state index is 0.214. The zero-order chi connectivity index (χ0) is 15.1. The van der Waals surface area contributed by atoms with Crippen LogP contribution in [0.2, 0.25) is 0 Å². The molecule has 1 rings (SSSR count). The van der Waals surface area contributed by atoms with Crippen molar-refractivity contribution in [2.75, 3.05) is 0 Å². The topological polar surface area (TPSA) is 30.7 Å². The third kappa shape index (κ3) is 3.22. The van der Waals surface area contributed by atoms with Gasteiger partial charge in [0.05, 0.1) is 0 Å². The van der Waals surface area contributed by atoms with Crippen molar-refractivity contribution in [3.63, 3.8) is 0 Å². The van der Waals surface area contributed by atoms with Crippen molar-refractivity contribution in [2.45, 2.75) is 35.8 Å². The Morgan fingerprint density at radius 2 is 1.63 bits per heavy atom. The van der Waals surface area contributed by atoms with Gasteiger partial charge in [0.2, 0.25) is 3.79 Å². The average molecular weight is 347 g/mol. The Bertz CT molecular complexity index is 451. The predicted molar refractivity (Wildman–Crippen MR) is 59.5 cm³/mol. The minimum atomic E-state index is -5.84. The molecule has 0 saturated carbocycles. The Kier molecular flexibility index (Phi) is 4.59. The lowest BCUT2D eigenvalue weighted by atomic mass is 10.2. The van der Waals surface area contributed by atoms with E-state index in [0.29, 0.717) is 4.68 Å². The van der Waals surface area contributed by atoms with Gasteiger partial charge in [0.1, 0.15) is 11.4 Å². The van der Waals surface area contributed by atoms with Gasteiger partial charge < -0.3 is 0 Å². The Morgan fingerprint density at radius 3 is 2.00 bits per heavy atom. The van der Waals surface area contributed by atoms with E-state index in [-0.39, 0.29) is 13.0 Å². The number of hydrogen-bond acceptors (Lipinski definition) is 2. The van der Waals surface area contributed by atoms with Crippen LogP contribution < -0.4 is 0 Å². The van der Waals surface area contributed by atoms with Crippen molar-refractivity contribution in [3.8, 4) is 0 Å². The van der Waals surface area contributed by atoms with Crippen LogP contribution >= 0.6 is 34.8 Å². The van der Waals surface area contributed by atoms with E-state index in [1.165, 1.54) is 0 Å². The Hall–Kier alpha value is -0.340. The molecule has 0 bridgehead atoms. The summed E-state index contributed by atoms with van der Waals surface area (Å²) in [5, 5.41) is 6.31. The summed E-state index contributed by atoms with van der Waals surface area (Å²) in [7, 11) is 0. The zero-order valence-electron chi connectivity index (χ0n) is 9.28. The van der Waals surface area contributed by atoms with Gasteiger partial charge in [-0.2, -0.15) is 22.0 Å². The fourth-order valence-electron chi connectivity index (χ4n) is 1.32. The lowest BCUT2D eigenvalue weighted by Gasteiger charge is -2.22. The molecule has 0 unspecified atom stereocenters. The average Bonchev–Trinajstić information content (AvgIpc) is 2.60. The van der Waals surface area contributed by atoms with Gasteiger partial charge in [-0.3, -0.25) is 0 Å². The van der Waals surface area contributed by atoms with Crippen molar-refractivity contribution in [1.82, 2.24) is 15.0 Å². The first-order chi connectivity index (χ1) is 8.43. The third-order valence-electron chi connectivity index (χ3n) is 2.09. The molecule has 0 atom stereocenters. The first kappa shape index (κ1) is 16.7. The quantitative estimate of drug-likeness (QED) is 0.607. The van der Waals surface area contributed by atoms with Gasteiger partial charge in [-0.05, 0) is 6.42 Å². The second-order valence-electron chi connectivity index (χ2n) is 3.58. The van der Waals surface area contributed by atoms with Crippen molar-refractivity contribution >= 4 is 34.8 Å². The number of aromatic nitrogens is 3. The van der Waals surface area contributed by atoms with Gasteiger partial charge in [-0.15, -0.1) is 5.10 Å². The largest absolute Gasteiger partial charge is 0.459 e. The van der Waals surface area contributed by atoms with Crippen molar-refractivity contribution < 1.29 is 22.0 Å². The highest BCUT2D eigenvalue weighted by molar-refractivity contribution is 6.66. The second-order valence-corrected chi connectivity index (χ2v) is 5.86. The molecular weight excluding hydrogens is 339 g/mol. The number of aryl methyl sites for hydroxylation is 1. The summed E-state index contributed by atoms with van der Waals surface area (Å²) in [4.78, 5) is 0. The zero-order valence-corrected chi connectivity index (χ0v) is 11.5. The molecular formula is C8H7Cl3F5N3. The summed E-state index contributed by atoms with van der Waals surface area (Å²) in [5.41, 5.74) is -2.59. The molecule has 0 spiro atoms. The van der Waals surface area contributed by atoms with E-state index >= 15 is 0 Å². The lowest BCUT2D eigenvalue weighted by Crippen LogP contribution is -2.37. The van der Waals surface area contributed by atoms with Crippen LogP contribution in [0.3, 0.4) is 0 Å². The van der Waals surface area contributed by atoms with Crippen LogP contribution in [-0.4, -0.2) is 21.2 Å². The van der Waals surface area contributed by atoms with E-state index in [1.807, 2.05) is 0 Å². The smallest absolute Gasteiger partial charge is 0.242 e. The lowest BCUT2D eigenvalue weighted by molar-refractivity contribution is -0.292. The summed E-state index contributed by atoms with van der Waals surface area (Å²) >= 11 is 16.0. The maximum Gasteiger partial charge on any atom is 0.459 e. The number of nitrogens with zero attached hydrogens (tertiary/aromatic N) is 3. The first-order valence-corrected chi connectivity index (χ1v) is 6.02. The van der Waals surface area contributed by atoms with E-state index in [1.54, 1.807) is 6.92 Å². The molecule has 0 fully saturated rings. The molecule has 0 radical (unpaired) electrons. The molecule has 1 heterocycles. The summed E-state index contributed by atoms with van der Waals surface area (Å²) in [5.74, 6) is -5.22. The van der Waals surface area contributed by atoms with Crippen LogP contribution in [0.4, 0.5) is 22.0 Å². The molecule has 0 aliphatic heterocycles. The highest BCUT2D eigenvalue weighted by atomic mass is 35.6. The number of rotatable bonds is 3. The van der Waals surface area contributed by atoms with Crippen LogP contribution in [-0.2, 0) is 16.3 Å². The van der Waals surface area contributed by atoms with Crippen LogP contribution in [0, 0.1) is 0 Å². The number of hydrogen-bond donors (Lipinski definition) is 0. The molecule has 110 valence electrons. The Morgan fingerprint density at radius 1 is 1.11 bits per heavy atom. The van der Waals surface area contributed by atoms with Crippen molar-refractivity contribution in [1.29, 1.82) is 0 Å². The maximum absolute atomic E-state index is 13.5. The molecule has 0 aromatic carbocycles. The van der Waals surface area contributed by atoms with Gasteiger partial charge in [-0.25, -0.2) is 4.68 Å². The van der Waals surface area contributed by atoms with Crippen molar-refractivity contribution in [2.24, 2.45) is 0 Å². The van der Waals surface area contributed by atoms with E-state index in [4.69, 9.17) is 34.8 Å². The van der Waals surface area contributed by atoms with E-state index in [0.717, 1.165) is 0 Å². The molecule has 1 aromatic heterocycles. The van der Waals surface area contributed by atoms with Gasteiger partial charge in [0.25, 0.3) is 0 Å². The molecule has 0 aliphatic carbocycles. The molecule has 0 aliphatic rings. The molecule has 0 N–H and O–H groups in total. The monoisotopic (exact) mass is 345 g/mol. The van der Waals surface area contributed by atoms with Gasteiger partial charge in [-0.1, -0.05) is 46.9 Å². The van der Waals surface area contributed by atoms with Crippen molar-refractivity contribution in [3.05, 3.63) is 11.4 Å². The van der Waals surface area contributed by atoms with Crippen LogP contribution in [0.1, 0.15) is 24.7 Å². The summed E-state index contributed by atoms with van der Waals surface area (Å²) in [6.45, 7) is 1.35. The first-order valence-electron chi connectivity index (χ1n) is 4.88. The molecule has 11 heteroatoms. The third-order valence-corrected chi connectivity index (χ3v) is 2.63. The summed E-state index contributed by atoms with van der Waals surface area (Å²) < 4.78 is 62.1. The fraction of sp³-hybridized carbons (Fsp3) is 0.750. The second kappa shape index (κ2) is 5.21. The van der Waals surface area contributed by atoms with E-state index in [2.05, 4.69) is 10.3 Å². The standard InChI is InChI=1S/C8H7Cl3F5N3/c1-2-3-19-5(6(12,13)8(14,15)16)4(17-18-19)7(9,10)11/h2-3H2,1H3. The maximum atomic E-state index is 13.5. The fourth-order valence-corrected chi connectivity index (χ4v) is 1.70. The number of alkyl halides is 8. The molecule has 0 amide bonds. The van der Waals surface area contributed by atoms with E-state index < -0.39 is 27.3 Å². The van der Waals surface area contributed by atoms with Crippen LogP contribution in [0.5, 0.6) is 0 Å². The minimum Gasteiger partial charge on any atom is -0.242 e. The van der Waals surface area contributed by atoms with Crippen LogP contribution in [0.25, 0.3) is 0 Å². The Labute approximate surface area is 119 Å². The van der Waals surface area contributed by atoms with Gasteiger partial charge >= 0.3 is 12.1 Å². The highest BCUT2D eigenvalue weighted by Crippen LogP contribution is 2.49. The van der Waals surface area contributed by atoms with Gasteiger partial charge in [0.15, 0.2) is 0 Å². The summed E-state index contributed by atoms with van der Waals surface area (Å²) in [6.07, 6.45) is -5.59.